The zero-order valence-corrected chi connectivity index (χ0v) is 12.0. The minimum atomic E-state index is -4.27. The number of thiophene rings is 1. The first-order chi connectivity index (χ1) is 9.46. The van der Waals surface area contributed by atoms with Crippen LogP contribution in [-0.2, 0) is 10.0 Å². The molecule has 108 valence electrons. The monoisotopic (exact) mass is 319 g/mol. The molecule has 0 N–H and O–H groups in total. The molecule has 0 aliphatic carbocycles. The number of ether oxygens (including phenoxy) is 1. The van der Waals surface area contributed by atoms with Crippen molar-refractivity contribution >= 4 is 27.0 Å². The summed E-state index contributed by atoms with van der Waals surface area (Å²) < 4.78 is 55.7. The van der Waals surface area contributed by atoms with Gasteiger partial charge in [0.2, 0.25) is 0 Å². The molecule has 8 heteroatoms. The zero-order chi connectivity index (χ0) is 14.8. The number of hydrogen-bond donors (Lipinski definition) is 0. The van der Waals surface area contributed by atoms with Crippen molar-refractivity contribution in [2.45, 2.75) is 10.8 Å². The van der Waals surface area contributed by atoms with Gasteiger partial charge in [-0.15, -0.1) is 11.3 Å². The van der Waals surface area contributed by atoms with E-state index in [4.69, 9.17) is 4.74 Å². The van der Waals surface area contributed by atoms with Gasteiger partial charge in [0.05, 0.1) is 12.8 Å². The number of nitrogens with zero attached hydrogens (tertiary/aromatic N) is 1. The molecular formula is C12H11F2NO3S2. The standard InChI is InChI=1S/C12H11F2NO3S2/c1-18-10-6-4-9(5-7-10)15(12(13)14)20(16,17)11-3-2-8-19-11/h2-8,12H,1H3. The lowest BCUT2D eigenvalue weighted by atomic mass is 10.3. The molecule has 2 rings (SSSR count). The van der Waals surface area contributed by atoms with E-state index in [0.717, 1.165) is 11.3 Å². The average Bonchev–Trinajstić information content (AvgIpc) is 2.93. The fourth-order valence-electron chi connectivity index (χ4n) is 1.59. The number of rotatable bonds is 5. The normalized spacial score (nSPS) is 11.6. The van der Waals surface area contributed by atoms with Gasteiger partial charge >= 0.3 is 6.55 Å². The second-order valence-corrected chi connectivity index (χ2v) is 6.70. The number of hydrogen-bond acceptors (Lipinski definition) is 4. The lowest BCUT2D eigenvalue weighted by molar-refractivity contribution is 0.162. The highest BCUT2D eigenvalue weighted by Crippen LogP contribution is 2.30. The van der Waals surface area contributed by atoms with E-state index < -0.39 is 16.6 Å². The molecule has 0 atom stereocenters. The number of alkyl halides is 2. The summed E-state index contributed by atoms with van der Waals surface area (Å²) in [5.41, 5.74) is -0.116. The molecule has 0 radical (unpaired) electrons. The zero-order valence-electron chi connectivity index (χ0n) is 10.4. The van der Waals surface area contributed by atoms with E-state index in [-0.39, 0.29) is 14.2 Å². The van der Waals surface area contributed by atoms with E-state index in [1.54, 1.807) is 0 Å². The molecule has 1 aromatic carbocycles. The van der Waals surface area contributed by atoms with Gasteiger partial charge in [-0.25, -0.2) is 12.7 Å². The lowest BCUT2D eigenvalue weighted by Crippen LogP contribution is -2.35. The number of anilines is 1. The third-order valence-corrected chi connectivity index (χ3v) is 5.63. The Morgan fingerprint density at radius 2 is 1.85 bits per heavy atom. The smallest absolute Gasteiger partial charge is 0.328 e. The van der Waals surface area contributed by atoms with Crippen LogP contribution in [0.5, 0.6) is 5.75 Å². The molecule has 0 spiro atoms. The molecule has 0 aliphatic heterocycles. The molecule has 0 saturated heterocycles. The summed E-state index contributed by atoms with van der Waals surface area (Å²) in [6.07, 6.45) is 0. The van der Waals surface area contributed by atoms with Crippen LogP contribution >= 0.6 is 11.3 Å². The first kappa shape index (κ1) is 14.7. The first-order valence-corrected chi connectivity index (χ1v) is 7.79. The van der Waals surface area contributed by atoms with Crippen LogP contribution in [0, 0.1) is 0 Å². The third-order valence-electron chi connectivity index (χ3n) is 2.51. The number of halogens is 2. The Morgan fingerprint density at radius 3 is 2.30 bits per heavy atom. The van der Waals surface area contributed by atoms with Crippen molar-refractivity contribution in [3.63, 3.8) is 0 Å². The van der Waals surface area contributed by atoms with Gasteiger partial charge in [-0.1, -0.05) is 6.07 Å². The molecule has 1 aromatic heterocycles. The highest BCUT2D eigenvalue weighted by atomic mass is 32.2. The van der Waals surface area contributed by atoms with E-state index in [0.29, 0.717) is 5.75 Å². The van der Waals surface area contributed by atoms with Crippen LogP contribution in [0.1, 0.15) is 0 Å². The molecule has 0 bridgehead atoms. The summed E-state index contributed by atoms with van der Waals surface area (Å²) in [6.45, 7) is -3.17. The van der Waals surface area contributed by atoms with Crippen LogP contribution in [0.4, 0.5) is 14.5 Å². The summed E-state index contributed by atoms with van der Waals surface area (Å²) in [6, 6.07) is 8.18. The SMILES string of the molecule is COc1ccc(N(C(F)F)S(=O)(=O)c2cccs2)cc1. The highest BCUT2D eigenvalue weighted by molar-refractivity contribution is 7.94. The maximum absolute atomic E-state index is 13.2. The molecular weight excluding hydrogens is 308 g/mol. The van der Waals surface area contributed by atoms with Crippen molar-refractivity contribution in [3.05, 3.63) is 41.8 Å². The van der Waals surface area contributed by atoms with Gasteiger partial charge in [0.1, 0.15) is 9.96 Å². The van der Waals surface area contributed by atoms with E-state index in [9.17, 15) is 17.2 Å². The average molecular weight is 319 g/mol. The van der Waals surface area contributed by atoms with Crippen LogP contribution in [0.3, 0.4) is 0 Å². The Kier molecular flexibility index (Phi) is 4.24. The first-order valence-electron chi connectivity index (χ1n) is 5.47. The van der Waals surface area contributed by atoms with Gasteiger partial charge in [-0.05, 0) is 35.7 Å². The van der Waals surface area contributed by atoms with Crippen LogP contribution in [0.15, 0.2) is 46.0 Å². The summed E-state index contributed by atoms with van der Waals surface area (Å²) in [5, 5.41) is 1.52. The molecule has 2 aromatic rings. The van der Waals surface area contributed by atoms with Crippen LogP contribution < -0.4 is 9.04 Å². The minimum Gasteiger partial charge on any atom is -0.497 e. The molecule has 0 fully saturated rings. The van der Waals surface area contributed by atoms with Crippen molar-refractivity contribution in [1.29, 1.82) is 0 Å². The molecule has 20 heavy (non-hydrogen) atoms. The quantitative estimate of drug-likeness (QED) is 0.795. The van der Waals surface area contributed by atoms with E-state index in [2.05, 4.69) is 0 Å². The summed E-state index contributed by atoms with van der Waals surface area (Å²) in [5.74, 6) is 0.455. The summed E-state index contributed by atoms with van der Waals surface area (Å²) >= 11 is 0.890. The molecule has 0 saturated carbocycles. The predicted molar refractivity (Wildman–Crippen MR) is 73.0 cm³/mol. The largest absolute Gasteiger partial charge is 0.497 e. The summed E-state index contributed by atoms with van der Waals surface area (Å²) in [7, 11) is -2.84. The molecule has 1 heterocycles. The Morgan fingerprint density at radius 1 is 1.20 bits per heavy atom. The fraction of sp³-hybridized carbons (Fsp3) is 0.167. The molecule has 4 nitrogen and oxygen atoms in total. The van der Waals surface area contributed by atoms with Crippen molar-refractivity contribution in [3.8, 4) is 5.75 Å². The van der Waals surface area contributed by atoms with Crippen molar-refractivity contribution in [1.82, 2.24) is 0 Å². The Hall–Kier alpha value is -1.67. The lowest BCUT2D eigenvalue weighted by Gasteiger charge is -2.22. The van der Waals surface area contributed by atoms with Crippen molar-refractivity contribution < 1.29 is 21.9 Å². The maximum Gasteiger partial charge on any atom is 0.328 e. The fourth-order valence-corrected chi connectivity index (χ4v) is 3.99. The van der Waals surface area contributed by atoms with Gasteiger partial charge in [0, 0.05) is 0 Å². The van der Waals surface area contributed by atoms with Gasteiger partial charge < -0.3 is 4.74 Å². The Balaban J connectivity index is 2.46. The van der Waals surface area contributed by atoms with E-state index >= 15 is 0 Å². The van der Waals surface area contributed by atoms with Crippen LogP contribution in [0.25, 0.3) is 0 Å². The minimum absolute atomic E-state index is 0.0955. The van der Waals surface area contributed by atoms with Crippen LogP contribution in [0.2, 0.25) is 0 Å². The van der Waals surface area contributed by atoms with Gasteiger partial charge in [0.25, 0.3) is 10.0 Å². The number of benzene rings is 1. The third kappa shape index (κ3) is 2.75. The van der Waals surface area contributed by atoms with Gasteiger partial charge in [-0.3, -0.25) is 0 Å². The Bertz CT molecular complexity index is 655. The second kappa shape index (κ2) is 5.76. The van der Waals surface area contributed by atoms with E-state index in [1.165, 1.54) is 48.9 Å². The molecule has 0 amide bonds. The van der Waals surface area contributed by atoms with Gasteiger partial charge in [0.15, 0.2) is 0 Å². The molecule has 0 unspecified atom stereocenters. The topological polar surface area (TPSA) is 46.6 Å². The van der Waals surface area contributed by atoms with Gasteiger partial charge in [-0.2, -0.15) is 8.78 Å². The number of methoxy groups -OCH3 is 1. The highest BCUT2D eigenvalue weighted by Gasteiger charge is 2.32. The Labute approximate surface area is 119 Å². The van der Waals surface area contributed by atoms with Crippen molar-refractivity contribution in [2.24, 2.45) is 0 Å². The van der Waals surface area contributed by atoms with Crippen LogP contribution in [-0.4, -0.2) is 22.1 Å². The maximum atomic E-state index is 13.2. The molecule has 0 aliphatic rings. The summed E-state index contributed by atoms with van der Waals surface area (Å²) in [4.78, 5) is 0. The number of sulfonamides is 1. The predicted octanol–water partition coefficient (Wildman–Crippen LogP) is 3.17. The van der Waals surface area contributed by atoms with Crippen molar-refractivity contribution in [2.75, 3.05) is 11.4 Å². The van der Waals surface area contributed by atoms with E-state index in [1.807, 2.05) is 0 Å². The second-order valence-electron chi connectivity index (χ2n) is 3.71.